The molecular weight excluding hydrogens is 665 g/mol. The number of nitrogens with zero attached hydrogens (tertiary/aromatic N) is 5. The van der Waals surface area contributed by atoms with Crippen molar-refractivity contribution >= 4 is 40.3 Å². The molecule has 1 aliphatic rings. The lowest BCUT2D eigenvalue weighted by molar-refractivity contribution is -0.137. The van der Waals surface area contributed by atoms with Crippen LogP contribution in [0, 0.1) is 6.92 Å². The molecule has 262 valence electrons. The van der Waals surface area contributed by atoms with Crippen LogP contribution >= 0.6 is 11.6 Å². The first-order valence-electron chi connectivity index (χ1n) is 15.7. The fourth-order valence-corrected chi connectivity index (χ4v) is 6.02. The van der Waals surface area contributed by atoms with Crippen molar-refractivity contribution in [3.05, 3.63) is 80.2 Å². The molecule has 4 aromatic rings. The highest BCUT2D eigenvalue weighted by Crippen LogP contribution is 2.34. The first kappa shape index (κ1) is 35.9. The Bertz CT molecular complexity index is 1950. The predicted octanol–water partition coefficient (Wildman–Crippen LogP) is 6.54. The minimum absolute atomic E-state index is 0.00745. The Morgan fingerprint density at radius 1 is 0.980 bits per heavy atom. The van der Waals surface area contributed by atoms with Crippen LogP contribution in [0.25, 0.3) is 16.7 Å². The van der Waals surface area contributed by atoms with Crippen molar-refractivity contribution in [2.45, 2.75) is 84.2 Å². The number of anilines is 1. The molecule has 1 aliphatic heterocycles. The number of hydrogen-bond donors (Lipinski definition) is 2. The summed E-state index contributed by atoms with van der Waals surface area (Å²) in [7, 11) is 0. The number of amides is 2. The molecule has 0 unspecified atom stereocenters. The van der Waals surface area contributed by atoms with E-state index in [1.54, 1.807) is 75.3 Å². The molecule has 2 aromatic carbocycles. The van der Waals surface area contributed by atoms with Gasteiger partial charge in [-0.1, -0.05) is 23.7 Å². The van der Waals surface area contributed by atoms with Gasteiger partial charge >= 0.3 is 12.3 Å². The van der Waals surface area contributed by atoms with E-state index in [0.29, 0.717) is 48.4 Å². The second-order valence-corrected chi connectivity index (χ2v) is 14.1. The SMILES string of the molecule is Cc1c(CC(=O)Nc2ccc(C(F)(F)F)cc2Cl)c2nn(-c3ccc(C(C)(C)O)cc3)nc2c(=O)n1C1CCN(C(=O)OC(C)(C)C)CC1. The number of piperidine rings is 1. The van der Waals surface area contributed by atoms with Gasteiger partial charge in [0.25, 0.3) is 5.56 Å². The van der Waals surface area contributed by atoms with Gasteiger partial charge in [0.2, 0.25) is 5.91 Å². The van der Waals surface area contributed by atoms with E-state index >= 15 is 0 Å². The average Bonchev–Trinajstić information content (AvgIpc) is 3.45. The maximum absolute atomic E-state index is 14.1. The third-order valence-electron chi connectivity index (χ3n) is 8.31. The number of benzene rings is 2. The number of rotatable bonds is 6. The molecule has 0 bridgehead atoms. The molecule has 0 aliphatic carbocycles. The number of aliphatic hydroxyl groups is 1. The minimum Gasteiger partial charge on any atom is -0.444 e. The fourth-order valence-electron chi connectivity index (χ4n) is 5.79. The van der Waals surface area contributed by atoms with E-state index in [1.165, 1.54) is 4.80 Å². The van der Waals surface area contributed by atoms with Crippen molar-refractivity contribution < 1.29 is 32.6 Å². The Hall–Kier alpha value is -4.43. The van der Waals surface area contributed by atoms with Gasteiger partial charge in [0.1, 0.15) is 11.1 Å². The van der Waals surface area contributed by atoms with Crippen LogP contribution in [0.5, 0.6) is 0 Å². The van der Waals surface area contributed by atoms with E-state index in [2.05, 4.69) is 15.5 Å². The molecule has 15 heteroatoms. The Balaban J connectivity index is 1.52. The van der Waals surface area contributed by atoms with Crippen LogP contribution in [0.4, 0.5) is 23.7 Å². The summed E-state index contributed by atoms with van der Waals surface area (Å²) in [6.45, 7) is 11.0. The maximum Gasteiger partial charge on any atom is 0.416 e. The summed E-state index contributed by atoms with van der Waals surface area (Å²) >= 11 is 6.10. The van der Waals surface area contributed by atoms with Gasteiger partial charge in [-0.05, 0) is 90.3 Å². The zero-order chi connectivity index (χ0) is 36.1. The summed E-state index contributed by atoms with van der Waals surface area (Å²) in [5.41, 5.74) is -0.903. The highest BCUT2D eigenvalue weighted by atomic mass is 35.5. The molecule has 0 spiro atoms. The highest BCUT2D eigenvalue weighted by molar-refractivity contribution is 6.33. The van der Waals surface area contributed by atoms with Crippen LogP contribution < -0.4 is 10.9 Å². The third kappa shape index (κ3) is 7.91. The van der Waals surface area contributed by atoms with Crippen molar-refractivity contribution in [1.82, 2.24) is 24.5 Å². The van der Waals surface area contributed by atoms with Crippen molar-refractivity contribution in [2.75, 3.05) is 18.4 Å². The van der Waals surface area contributed by atoms with Gasteiger partial charge in [-0.3, -0.25) is 9.59 Å². The van der Waals surface area contributed by atoms with E-state index in [9.17, 15) is 32.7 Å². The van der Waals surface area contributed by atoms with E-state index < -0.39 is 40.5 Å². The first-order chi connectivity index (χ1) is 22.7. The van der Waals surface area contributed by atoms with E-state index in [4.69, 9.17) is 16.3 Å². The molecule has 49 heavy (non-hydrogen) atoms. The first-order valence-corrected chi connectivity index (χ1v) is 16.1. The standard InChI is InChI=1S/C34H38ClF3N6O5/c1-19-24(18-27(45)39-26-12-9-21(17-25(26)35)34(36,37)38)28-29(41-44(40-28)23-10-7-20(8-11-23)33(5,6)48)30(46)43(19)22-13-15-42(16-14-22)31(47)49-32(2,3)4/h7-12,17,22,48H,13-16,18H2,1-6H3,(H,39,45). The zero-order valence-electron chi connectivity index (χ0n) is 28.0. The Morgan fingerprint density at radius 2 is 1.57 bits per heavy atom. The zero-order valence-corrected chi connectivity index (χ0v) is 28.7. The van der Waals surface area contributed by atoms with Crippen LogP contribution in [0.2, 0.25) is 5.02 Å². The molecule has 2 N–H and O–H groups in total. The number of nitrogens with one attached hydrogen (secondary N) is 1. The van der Waals surface area contributed by atoms with Crippen LogP contribution in [0.3, 0.4) is 0 Å². The van der Waals surface area contributed by atoms with Gasteiger partial charge in [-0.2, -0.15) is 18.0 Å². The topological polar surface area (TPSA) is 132 Å². The number of ether oxygens (including phenoxy) is 1. The maximum atomic E-state index is 14.1. The van der Waals surface area contributed by atoms with Gasteiger partial charge in [0, 0.05) is 30.4 Å². The summed E-state index contributed by atoms with van der Waals surface area (Å²) in [6.07, 6.45) is -4.47. The number of halogens is 4. The largest absolute Gasteiger partial charge is 0.444 e. The van der Waals surface area contributed by atoms with Crippen molar-refractivity contribution in [3.63, 3.8) is 0 Å². The van der Waals surface area contributed by atoms with Crippen molar-refractivity contribution in [2.24, 2.45) is 0 Å². The molecule has 0 saturated carbocycles. The predicted molar refractivity (Wildman–Crippen MR) is 178 cm³/mol. The fraction of sp³-hybridized carbons (Fsp3) is 0.441. The summed E-state index contributed by atoms with van der Waals surface area (Å²) in [5, 5.41) is 21.8. The summed E-state index contributed by atoms with van der Waals surface area (Å²) in [4.78, 5) is 43.0. The summed E-state index contributed by atoms with van der Waals surface area (Å²) in [6, 6.07) is 9.13. The van der Waals surface area contributed by atoms with E-state index in [1.807, 2.05) is 0 Å². The lowest BCUT2D eigenvalue weighted by Crippen LogP contribution is -2.43. The Labute approximate surface area is 285 Å². The van der Waals surface area contributed by atoms with Gasteiger partial charge in [-0.15, -0.1) is 10.2 Å². The normalized spacial score (nSPS) is 14.7. The third-order valence-corrected chi connectivity index (χ3v) is 8.63. The number of carbonyl (C=O) groups excluding carboxylic acids is 2. The highest BCUT2D eigenvalue weighted by Gasteiger charge is 2.32. The molecule has 0 radical (unpaired) electrons. The Kier molecular flexibility index (Phi) is 9.60. The van der Waals surface area contributed by atoms with Crippen LogP contribution in [-0.4, -0.2) is 60.3 Å². The molecule has 0 atom stereocenters. The van der Waals surface area contributed by atoms with Gasteiger partial charge in [0.15, 0.2) is 5.52 Å². The van der Waals surface area contributed by atoms with Crippen molar-refractivity contribution in [3.8, 4) is 5.69 Å². The second-order valence-electron chi connectivity index (χ2n) is 13.6. The molecule has 1 saturated heterocycles. The lowest BCUT2D eigenvalue weighted by Gasteiger charge is -2.35. The summed E-state index contributed by atoms with van der Waals surface area (Å²) in [5.74, 6) is -0.597. The molecule has 2 amide bonds. The summed E-state index contributed by atoms with van der Waals surface area (Å²) < 4.78 is 46.6. The number of hydrogen-bond acceptors (Lipinski definition) is 7. The van der Waals surface area contributed by atoms with Crippen molar-refractivity contribution in [1.29, 1.82) is 0 Å². The number of aromatic nitrogens is 4. The van der Waals surface area contributed by atoms with E-state index in [-0.39, 0.29) is 34.2 Å². The van der Waals surface area contributed by atoms with Gasteiger partial charge in [0.05, 0.1) is 34.0 Å². The number of pyridine rings is 1. The number of alkyl halides is 3. The number of likely N-dealkylation sites (tertiary alicyclic amines) is 1. The molecular formula is C34H38ClF3N6O5. The van der Waals surface area contributed by atoms with E-state index in [0.717, 1.165) is 18.2 Å². The molecule has 11 nitrogen and oxygen atoms in total. The van der Waals surface area contributed by atoms with Crippen LogP contribution in [0.15, 0.2) is 47.3 Å². The minimum atomic E-state index is -4.61. The number of fused-ring (bicyclic) bond motifs is 1. The number of carbonyl (C=O) groups is 2. The van der Waals surface area contributed by atoms with Crippen LogP contribution in [-0.2, 0) is 27.7 Å². The molecule has 1 fully saturated rings. The molecule has 5 rings (SSSR count). The van der Waals surface area contributed by atoms with Gasteiger partial charge < -0.3 is 24.6 Å². The Morgan fingerprint density at radius 3 is 2.12 bits per heavy atom. The lowest BCUT2D eigenvalue weighted by atomic mass is 9.98. The van der Waals surface area contributed by atoms with Gasteiger partial charge in [-0.25, -0.2) is 4.79 Å². The average molecular weight is 703 g/mol. The quantitative estimate of drug-likeness (QED) is 0.233. The second kappa shape index (κ2) is 13.1. The smallest absolute Gasteiger partial charge is 0.416 e. The molecule has 3 heterocycles. The molecule has 2 aromatic heterocycles. The van der Waals surface area contributed by atoms with Crippen LogP contribution in [0.1, 0.15) is 75.9 Å². The monoisotopic (exact) mass is 702 g/mol.